The van der Waals surface area contributed by atoms with E-state index in [9.17, 15) is 0 Å². The maximum Gasteiger partial charge on any atom is 0.0469 e. The first-order chi connectivity index (χ1) is 7.27. The topological polar surface area (TPSA) is 35.2 Å². The van der Waals surface area contributed by atoms with Crippen LogP contribution >= 0.6 is 11.6 Å². The molecule has 1 aromatic carbocycles. The quantitative estimate of drug-likeness (QED) is 0.840. The molecule has 82 valence electrons. The van der Waals surface area contributed by atoms with Gasteiger partial charge in [-0.05, 0) is 36.5 Å². The summed E-state index contributed by atoms with van der Waals surface area (Å²) in [4.78, 5) is 0. The molecule has 0 bridgehead atoms. The van der Waals surface area contributed by atoms with E-state index in [2.05, 4.69) is 0 Å². The molecule has 1 saturated heterocycles. The summed E-state index contributed by atoms with van der Waals surface area (Å²) in [5, 5.41) is 0.759. The molecule has 0 unspecified atom stereocenters. The number of hydrogen-bond donors (Lipinski definition) is 1. The molecular weight excluding hydrogens is 210 g/mol. The number of halogens is 1. The fourth-order valence-corrected chi connectivity index (χ4v) is 2.26. The van der Waals surface area contributed by atoms with Crippen LogP contribution in [0.15, 0.2) is 24.3 Å². The second-order valence-electron chi connectivity index (χ2n) is 4.03. The van der Waals surface area contributed by atoms with E-state index >= 15 is 0 Å². The van der Waals surface area contributed by atoms with E-state index in [1.54, 1.807) is 0 Å². The summed E-state index contributed by atoms with van der Waals surface area (Å²) in [6, 6.07) is 7.93. The summed E-state index contributed by atoms with van der Waals surface area (Å²) < 4.78 is 5.33. The van der Waals surface area contributed by atoms with E-state index < -0.39 is 0 Å². The first kappa shape index (κ1) is 10.9. The predicted octanol–water partition coefficient (Wildman–Crippen LogP) is 2.77. The second-order valence-corrected chi connectivity index (χ2v) is 4.47. The minimum absolute atomic E-state index is 0.0904. The average Bonchev–Trinajstić information content (AvgIpc) is 2.29. The van der Waals surface area contributed by atoms with Gasteiger partial charge in [-0.3, -0.25) is 0 Å². The molecule has 1 fully saturated rings. The Hall–Kier alpha value is -0.570. The molecule has 0 amide bonds. The van der Waals surface area contributed by atoms with Gasteiger partial charge in [0.15, 0.2) is 0 Å². The van der Waals surface area contributed by atoms with Crippen LogP contribution in [0.2, 0.25) is 5.02 Å². The van der Waals surface area contributed by atoms with Gasteiger partial charge in [0.1, 0.15) is 0 Å². The molecule has 2 N–H and O–H groups in total. The molecule has 15 heavy (non-hydrogen) atoms. The van der Waals surface area contributed by atoms with Gasteiger partial charge in [-0.1, -0.05) is 23.7 Å². The number of ether oxygens (including phenoxy) is 1. The Morgan fingerprint density at radius 1 is 1.33 bits per heavy atom. The number of nitrogens with two attached hydrogens (primary N) is 1. The molecule has 2 nitrogen and oxygen atoms in total. The highest BCUT2D eigenvalue weighted by atomic mass is 35.5. The normalized spacial score (nSPS) is 20.1. The standard InChI is InChI=1S/C12H16ClNO/c13-11-3-1-2-10(8-11)12(14)9-4-6-15-7-5-9/h1-3,8-9,12H,4-7,14H2/t12-/m1/s1. The molecule has 0 saturated carbocycles. The molecule has 0 radical (unpaired) electrons. The van der Waals surface area contributed by atoms with Crippen LogP contribution in [0.1, 0.15) is 24.4 Å². The zero-order chi connectivity index (χ0) is 10.7. The summed E-state index contributed by atoms with van der Waals surface area (Å²) in [6.07, 6.45) is 2.10. The third kappa shape index (κ3) is 2.71. The van der Waals surface area contributed by atoms with Crippen LogP contribution in [0.4, 0.5) is 0 Å². The Labute approximate surface area is 95.4 Å². The van der Waals surface area contributed by atoms with Gasteiger partial charge in [0.05, 0.1) is 0 Å². The summed E-state index contributed by atoms with van der Waals surface area (Å²) in [6.45, 7) is 1.66. The number of hydrogen-bond acceptors (Lipinski definition) is 2. The van der Waals surface area contributed by atoms with Crippen molar-refractivity contribution in [1.82, 2.24) is 0 Å². The molecule has 0 spiro atoms. The minimum Gasteiger partial charge on any atom is -0.381 e. The molecule has 2 rings (SSSR count). The average molecular weight is 226 g/mol. The zero-order valence-corrected chi connectivity index (χ0v) is 9.41. The molecule has 3 heteroatoms. The lowest BCUT2D eigenvalue weighted by Gasteiger charge is -2.27. The highest BCUT2D eigenvalue weighted by Gasteiger charge is 2.22. The molecule has 1 heterocycles. The van der Waals surface area contributed by atoms with Crippen molar-refractivity contribution in [3.63, 3.8) is 0 Å². The lowest BCUT2D eigenvalue weighted by atomic mass is 9.88. The molecule has 0 aliphatic carbocycles. The van der Waals surface area contributed by atoms with Crippen molar-refractivity contribution in [2.24, 2.45) is 11.7 Å². The summed E-state index contributed by atoms with van der Waals surface area (Å²) in [7, 11) is 0. The molecule has 1 aromatic rings. The van der Waals surface area contributed by atoms with E-state index in [0.29, 0.717) is 5.92 Å². The monoisotopic (exact) mass is 225 g/mol. The van der Waals surface area contributed by atoms with Gasteiger partial charge in [-0.2, -0.15) is 0 Å². The molecule has 1 aliphatic rings. The van der Waals surface area contributed by atoms with Crippen LogP contribution in [0.3, 0.4) is 0 Å². The maximum atomic E-state index is 6.22. The predicted molar refractivity (Wildman–Crippen MR) is 61.9 cm³/mol. The van der Waals surface area contributed by atoms with Crippen molar-refractivity contribution in [1.29, 1.82) is 0 Å². The fourth-order valence-electron chi connectivity index (χ4n) is 2.06. The van der Waals surface area contributed by atoms with Crippen molar-refractivity contribution < 1.29 is 4.74 Å². The molecule has 1 atom stereocenters. The van der Waals surface area contributed by atoms with Gasteiger partial charge in [-0.25, -0.2) is 0 Å². The van der Waals surface area contributed by atoms with Crippen molar-refractivity contribution in [3.05, 3.63) is 34.9 Å². The Kier molecular flexibility index (Phi) is 3.62. The Bertz CT molecular complexity index is 323. The van der Waals surface area contributed by atoms with Gasteiger partial charge < -0.3 is 10.5 Å². The first-order valence-corrected chi connectivity index (χ1v) is 5.74. The van der Waals surface area contributed by atoms with E-state index in [0.717, 1.165) is 36.6 Å². The van der Waals surface area contributed by atoms with E-state index in [1.807, 2.05) is 24.3 Å². The van der Waals surface area contributed by atoms with E-state index in [-0.39, 0.29) is 6.04 Å². The minimum atomic E-state index is 0.0904. The SMILES string of the molecule is N[C@@H](c1cccc(Cl)c1)C1CCOCC1. The third-order valence-corrected chi connectivity index (χ3v) is 3.24. The van der Waals surface area contributed by atoms with Gasteiger partial charge in [0, 0.05) is 24.3 Å². The highest BCUT2D eigenvalue weighted by molar-refractivity contribution is 6.30. The lowest BCUT2D eigenvalue weighted by Crippen LogP contribution is -2.27. The van der Waals surface area contributed by atoms with Crippen LogP contribution in [-0.4, -0.2) is 13.2 Å². The van der Waals surface area contributed by atoms with Crippen LogP contribution in [0.5, 0.6) is 0 Å². The van der Waals surface area contributed by atoms with Crippen molar-refractivity contribution in [2.75, 3.05) is 13.2 Å². The third-order valence-electron chi connectivity index (χ3n) is 3.01. The summed E-state index contributed by atoms with van der Waals surface area (Å²) >= 11 is 5.95. The van der Waals surface area contributed by atoms with Crippen molar-refractivity contribution >= 4 is 11.6 Å². The fraction of sp³-hybridized carbons (Fsp3) is 0.500. The van der Waals surface area contributed by atoms with Crippen LogP contribution < -0.4 is 5.73 Å². The highest BCUT2D eigenvalue weighted by Crippen LogP contribution is 2.28. The number of benzene rings is 1. The van der Waals surface area contributed by atoms with Gasteiger partial charge >= 0.3 is 0 Å². The van der Waals surface area contributed by atoms with E-state index in [4.69, 9.17) is 22.1 Å². The maximum absolute atomic E-state index is 6.22. The second kappa shape index (κ2) is 4.97. The lowest BCUT2D eigenvalue weighted by molar-refractivity contribution is 0.0584. The van der Waals surface area contributed by atoms with Crippen LogP contribution in [0.25, 0.3) is 0 Å². The summed E-state index contributed by atoms with van der Waals surface area (Å²) in [5.74, 6) is 0.525. The van der Waals surface area contributed by atoms with Gasteiger partial charge in [0.2, 0.25) is 0 Å². The molecule has 0 aromatic heterocycles. The van der Waals surface area contributed by atoms with Gasteiger partial charge in [0.25, 0.3) is 0 Å². The smallest absolute Gasteiger partial charge is 0.0469 e. The van der Waals surface area contributed by atoms with Crippen molar-refractivity contribution in [2.45, 2.75) is 18.9 Å². The van der Waals surface area contributed by atoms with Crippen molar-refractivity contribution in [3.8, 4) is 0 Å². The molecule has 1 aliphatic heterocycles. The van der Waals surface area contributed by atoms with Crippen LogP contribution in [-0.2, 0) is 4.74 Å². The largest absolute Gasteiger partial charge is 0.381 e. The molecular formula is C12H16ClNO. The van der Waals surface area contributed by atoms with Crippen LogP contribution in [0, 0.1) is 5.92 Å². The number of rotatable bonds is 2. The zero-order valence-electron chi connectivity index (χ0n) is 8.66. The van der Waals surface area contributed by atoms with Gasteiger partial charge in [-0.15, -0.1) is 0 Å². The Morgan fingerprint density at radius 3 is 2.73 bits per heavy atom. The Morgan fingerprint density at radius 2 is 2.07 bits per heavy atom. The van der Waals surface area contributed by atoms with E-state index in [1.165, 1.54) is 0 Å². The Balaban J connectivity index is 2.08. The summed E-state index contributed by atoms with van der Waals surface area (Å²) in [5.41, 5.74) is 7.36. The first-order valence-electron chi connectivity index (χ1n) is 5.36.